The molecule has 0 radical (unpaired) electrons. The SMILES string of the molecule is C=C(C)COc1ccccc1[C@H]1CC(=O)Oc2cc(O)c3c(=O)cc(-c4ccc(OC)c(O)c4)oc3c21. The lowest BCUT2D eigenvalue weighted by atomic mass is 9.84. The number of fused-ring (bicyclic) bond motifs is 3. The van der Waals surface area contributed by atoms with Crippen LogP contribution in [0.2, 0.25) is 0 Å². The summed E-state index contributed by atoms with van der Waals surface area (Å²) in [4.78, 5) is 25.8. The van der Waals surface area contributed by atoms with Crippen LogP contribution in [0, 0.1) is 0 Å². The van der Waals surface area contributed by atoms with E-state index in [1.165, 1.54) is 25.3 Å². The van der Waals surface area contributed by atoms with Crippen LogP contribution >= 0.6 is 0 Å². The molecule has 0 saturated heterocycles. The number of rotatable bonds is 6. The summed E-state index contributed by atoms with van der Waals surface area (Å²) in [6.45, 7) is 6.01. The number of para-hydroxylation sites is 1. The van der Waals surface area contributed by atoms with Gasteiger partial charge in [0, 0.05) is 34.7 Å². The molecule has 0 unspecified atom stereocenters. The summed E-state index contributed by atoms with van der Waals surface area (Å²) < 4.78 is 22.7. The molecule has 4 aromatic rings. The highest BCUT2D eigenvalue weighted by molar-refractivity contribution is 5.93. The molecule has 0 saturated carbocycles. The second-order valence-corrected chi connectivity index (χ2v) is 8.89. The van der Waals surface area contributed by atoms with Gasteiger partial charge in [-0.3, -0.25) is 9.59 Å². The van der Waals surface area contributed by atoms with Gasteiger partial charge >= 0.3 is 5.97 Å². The van der Waals surface area contributed by atoms with Gasteiger partial charge in [-0.05, 0) is 36.8 Å². The van der Waals surface area contributed by atoms with E-state index in [1.807, 2.05) is 25.1 Å². The first kappa shape index (κ1) is 24.0. The minimum Gasteiger partial charge on any atom is -0.507 e. The summed E-state index contributed by atoms with van der Waals surface area (Å²) in [5.74, 6) is -0.503. The summed E-state index contributed by atoms with van der Waals surface area (Å²) >= 11 is 0. The third kappa shape index (κ3) is 4.38. The zero-order chi connectivity index (χ0) is 26.3. The van der Waals surface area contributed by atoms with Crippen molar-refractivity contribution in [2.75, 3.05) is 13.7 Å². The molecule has 0 fully saturated rings. The van der Waals surface area contributed by atoms with Crippen LogP contribution in [0.25, 0.3) is 22.3 Å². The van der Waals surface area contributed by atoms with Gasteiger partial charge in [-0.2, -0.15) is 0 Å². The Hall–Kier alpha value is -4.72. The van der Waals surface area contributed by atoms with Crippen LogP contribution in [0.1, 0.15) is 30.4 Å². The zero-order valence-electron chi connectivity index (χ0n) is 20.2. The lowest BCUT2D eigenvalue weighted by Crippen LogP contribution is -2.22. The Labute approximate surface area is 212 Å². The number of ether oxygens (including phenoxy) is 3. The fourth-order valence-electron chi connectivity index (χ4n) is 4.51. The summed E-state index contributed by atoms with van der Waals surface area (Å²) in [7, 11) is 1.43. The van der Waals surface area contributed by atoms with Gasteiger partial charge in [-0.25, -0.2) is 0 Å². The van der Waals surface area contributed by atoms with Crippen molar-refractivity contribution in [3.05, 3.63) is 88.1 Å². The summed E-state index contributed by atoms with van der Waals surface area (Å²) in [6, 6.07) is 14.4. The van der Waals surface area contributed by atoms with Crippen LogP contribution in [0.5, 0.6) is 28.7 Å². The van der Waals surface area contributed by atoms with Crippen molar-refractivity contribution in [2.24, 2.45) is 0 Å². The fourth-order valence-corrected chi connectivity index (χ4v) is 4.51. The van der Waals surface area contributed by atoms with E-state index in [1.54, 1.807) is 18.2 Å². The molecular formula is C29H24O8. The number of phenols is 2. The van der Waals surface area contributed by atoms with Gasteiger partial charge in [0.05, 0.1) is 13.5 Å². The second kappa shape index (κ2) is 9.39. The Kier molecular flexibility index (Phi) is 6.09. The maximum absolute atomic E-state index is 13.2. The highest BCUT2D eigenvalue weighted by Crippen LogP contribution is 2.48. The van der Waals surface area contributed by atoms with Crippen LogP contribution in [-0.2, 0) is 4.79 Å². The molecule has 8 nitrogen and oxygen atoms in total. The van der Waals surface area contributed by atoms with E-state index in [9.17, 15) is 19.8 Å². The Morgan fingerprint density at radius 3 is 2.57 bits per heavy atom. The van der Waals surface area contributed by atoms with E-state index in [-0.39, 0.29) is 52.8 Å². The van der Waals surface area contributed by atoms with E-state index in [4.69, 9.17) is 18.6 Å². The Morgan fingerprint density at radius 2 is 1.84 bits per heavy atom. The molecule has 1 aliphatic rings. The molecule has 8 heteroatoms. The number of carbonyl (C=O) groups is 1. The third-order valence-electron chi connectivity index (χ3n) is 6.16. The first-order valence-electron chi connectivity index (χ1n) is 11.5. The second-order valence-electron chi connectivity index (χ2n) is 8.89. The molecule has 5 rings (SSSR count). The summed E-state index contributed by atoms with van der Waals surface area (Å²) in [6.07, 6.45) is -0.0302. The van der Waals surface area contributed by atoms with Crippen molar-refractivity contribution in [3.8, 4) is 40.1 Å². The van der Waals surface area contributed by atoms with Crippen LogP contribution in [0.4, 0.5) is 0 Å². The fraction of sp³-hybridized carbons (Fsp3) is 0.172. The number of esters is 1. The Bertz CT molecular complexity index is 1610. The number of hydrogen-bond acceptors (Lipinski definition) is 8. The van der Waals surface area contributed by atoms with Gasteiger partial charge in [0.15, 0.2) is 16.9 Å². The standard InChI is InChI=1S/C29H24O8/c1-15(2)14-35-22-7-5-4-6-17(22)18-11-26(33)36-25-13-21(32)28-20(31)12-24(37-29(28)27(18)25)16-8-9-23(34-3)19(30)10-16/h4-10,12-13,18,30,32H,1,11,14H2,2-3H3/t18-/m1/s1. The van der Waals surface area contributed by atoms with Crippen LogP contribution in [0.15, 0.2) is 76.0 Å². The highest BCUT2D eigenvalue weighted by Gasteiger charge is 2.35. The molecule has 37 heavy (non-hydrogen) atoms. The first-order valence-corrected chi connectivity index (χ1v) is 11.5. The van der Waals surface area contributed by atoms with Gasteiger partial charge < -0.3 is 28.8 Å². The molecule has 1 atom stereocenters. The van der Waals surface area contributed by atoms with Crippen molar-refractivity contribution in [2.45, 2.75) is 19.3 Å². The Morgan fingerprint density at radius 1 is 1.05 bits per heavy atom. The molecule has 0 spiro atoms. The van der Waals surface area contributed by atoms with Crippen LogP contribution in [0.3, 0.4) is 0 Å². The van der Waals surface area contributed by atoms with E-state index < -0.39 is 17.3 Å². The lowest BCUT2D eigenvalue weighted by Gasteiger charge is -2.27. The molecule has 3 aromatic carbocycles. The number of methoxy groups -OCH3 is 1. The van der Waals surface area contributed by atoms with E-state index >= 15 is 0 Å². The summed E-state index contributed by atoms with van der Waals surface area (Å²) in [5, 5.41) is 20.9. The van der Waals surface area contributed by atoms with Crippen molar-refractivity contribution in [1.29, 1.82) is 0 Å². The normalized spacial score (nSPS) is 14.6. The molecule has 0 amide bonds. The Balaban J connectivity index is 1.76. The smallest absolute Gasteiger partial charge is 0.312 e. The van der Waals surface area contributed by atoms with Gasteiger partial charge in [-0.1, -0.05) is 24.8 Å². The van der Waals surface area contributed by atoms with Crippen molar-refractivity contribution in [1.82, 2.24) is 0 Å². The van der Waals surface area contributed by atoms with Crippen LogP contribution in [-0.4, -0.2) is 29.9 Å². The van der Waals surface area contributed by atoms with Crippen molar-refractivity contribution >= 4 is 16.9 Å². The molecule has 0 bridgehead atoms. The molecule has 2 N–H and O–H groups in total. The predicted octanol–water partition coefficient (Wildman–Crippen LogP) is 5.28. The minimum atomic E-state index is -0.580. The zero-order valence-corrected chi connectivity index (χ0v) is 20.2. The monoisotopic (exact) mass is 500 g/mol. The maximum Gasteiger partial charge on any atom is 0.312 e. The van der Waals surface area contributed by atoms with Gasteiger partial charge in [0.1, 0.15) is 40.6 Å². The number of hydrogen-bond donors (Lipinski definition) is 2. The maximum atomic E-state index is 13.2. The molecule has 2 heterocycles. The summed E-state index contributed by atoms with van der Waals surface area (Å²) in [5.41, 5.74) is 1.98. The first-order chi connectivity index (χ1) is 17.8. The topological polar surface area (TPSA) is 115 Å². The van der Waals surface area contributed by atoms with E-state index in [2.05, 4.69) is 6.58 Å². The number of aromatic hydroxyl groups is 2. The predicted molar refractivity (Wildman–Crippen MR) is 137 cm³/mol. The van der Waals surface area contributed by atoms with E-state index in [0.29, 0.717) is 22.4 Å². The number of carbonyl (C=O) groups excluding carboxylic acids is 1. The molecule has 1 aromatic heterocycles. The molecule has 188 valence electrons. The largest absolute Gasteiger partial charge is 0.507 e. The van der Waals surface area contributed by atoms with Crippen LogP contribution < -0.4 is 19.6 Å². The van der Waals surface area contributed by atoms with Crippen molar-refractivity contribution < 1.29 is 33.6 Å². The van der Waals surface area contributed by atoms with Gasteiger partial charge in [0.2, 0.25) is 0 Å². The molecule has 0 aliphatic carbocycles. The quantitative estimate of drug-likeness (QED) is 0.209. The minimum absolute atomic E-state index is 0.0302. The highest BCUT2D eigenvalue weighted by atomic mass is 16.5. The number of benzene rings is 3. The van der Waals surface area contributed by atoms with E-state index in [0.717, 1.165) is 5.57 Å². The third-order valence-corrected chi connectivity index (χ3v) is 6.16. The number of phenolic OH excluding ortho intramolecular Hbond substituents is 2. The van der Waals surface area contributed by atoms with Crippen molar-refractivity contribution in [3.63, 3.8) is 0 Å². The average molecular weight is 501 g/mol. The van der Waals surface area contributed by atoms with Gasteiger partial charge in [-0.15, -0.1) is 0 Å². The average Bonchev–Trinajstić information content (AvgIpc) is 2.86. The molecular weight excluding hydrogens is 476 g/mol. The lowest BCUT2D eigenvalue weighted by molar-refractivity contribution is -0.135. The van der Waals surface area contributed by atoms with Gasteiger partial charge in [0.25, 0.3) is 0 Å². The molecule has 1 aliphatic heterocycles.